The summed E-state index contributed by atoms with van der Waals surface area (Å²) in [6, 6.07) is 3.04. The summed E-state index contributed by atoms with van der Waals surface area (Å²) in [6.45, 7) is -0.748. The van der Waals surface area contributed by atoms with E-state index in [-0.39, 0.29) is 5.56 Å². The normalized spacial score (nSPS) is 10.2. The Labute approximate surface area is 106 Å². The lowest BCUT2D eigenvalue weighted by Gasteiger charge is -2.04. The van der Waals surface area contributed by atoms with Crippen molar-refractivity contribution in [2.24, 2.45) is 0 Å². The number of H-pyrrole nitrogens is 1. The number of hydrogen-bond donors (Lipinski definition) is 1. The Balaban J connectivity index is 2.04. The molecule has 0 fully saturated rings. The molecule has 0 aliphatic heterocycles. The summed E-state index contributed by atoms with van der Waals surface area (Å²) in [7, 11) is 0. The van der Waals surface area contributed by atoms with Crippen molar-refractivity contribution in [3.63, 3.8) is 0 Å². The van der Waals surface area contributed by atoms with Gasteiger partial charge in [0.15, 0.2) is 6.61 Å². The summed E-state index contributed by atoms with van der Waals surface area (Å²) < 4.78 is 31.2. The highest BCUT2D eigenvalue weighted by atomic mass is 19.1. The maximum Gasteiger partial charge on any atom is 0.341 e. The molecule has 1 aromatic heterocycles. The second kappa shape index (κ2) is 5.38. The molecule has 1 aromatic carbocycles. The molecule has 98 valence electrons. The van der Waals surface area contributed by atoms with Crippen LogP contribution in [0.1, 0.15) is 20.7 Å². The smallest absolute Gasteiger partial charge is 0.341 e. The maximum absolute atomic E-state index is 13.3. The zero-order valence-electron chi connectivity index (χ0n) is 9.52. The highest BCUT2D eigenvalue weighted by Gasteiger charge is 2.19. The first kappa shape index (κ1) is 12.9. The van der Waals surface area contributed by atoms with Crippen LogP contribution in [-0.4, -0.2) is 28.6 Å². The molecule has 0 aliphatic rings. The quantitative estimate of drug-likeness (QED) is 0.675. The van der Waals surface area contributed by atoms with Gasteiger partial charge in [-0.2, -0.15) is 5.10 Å². The Kier molecular flexibility index (Phi) is 3.65. The molecule has 0 saturated carbocycles. The van der Waals surface area contributed by atoms with Crippen molar-refractivity contribution in [2.45, 2.75) is 0 Å². The molecule has 0 atom stereocenters. The third-order valence-electron chi connectivity index (χ3n) is 2.31. The molecule has 0 bridgehead atoms. The third kappa shape index (κ3) is 2.82. The molecule has 7 heteroatoms. The summed E-state index contributed by atoms with van der Waals surface area (Å²) in [5.74, 6) is -3.75. The molecule has 19 heavy (non-hydrogen) atoms. The van der Waals surface area contributed by atoms with E-state index in [0.29, 0.717) is 0 Å². The number of aromatic amines is 1. The fraction of sp³-hybridized carbons (Fsp3) is 0.0833. The van der Waals surface area contributed by atoms with Gasteiger partial charge in [-0.1, -0.05) is 6.07 Å². The van der Waals surface area contributed by atoms with E-state index in [9.17, 15) is 18.4 Å². The van der Waals surface area contributed by atoms with Crippen molar-refractivity contribution in [1.29, 1.82) is 0 Å². The van der Waals surface area contributed by atoms with Crippen molar-refractivity contribution >= 4 is 11.8 Å². The zero-order valence-corrected chi connectivity index (χ0v) is 9.52. The summed E-state index contributed by atoms with van der Waals surface area (Å²) in [6.07, 6.45) is 2.48. The van der Waals surface area contributed by atoms with Gasteiger partial charge in [-0.25, -0.2) is 13.6 Å². The van der Waals surface area contributed by atoms with Crippen LogP contribution in [0.5, 0.6) is 0 Å². The molecule has 1 heterocycles. The predicted octanol–water partition coefficient (Wildman–Crippen LogP) is 1.73. The lowest BCUT2D eigenvalue weighted by molar-refractivity contribution is 0.0472. The molecule has 0 amide bonds. The number of Topliss-reactive ketones (excluding diaryl/α,β-unsaturated/α-hetero) is 1. The summed E-state index contributed by atoms with van der Waals surface area (Å²) >= 11 is 0. The Bertz CT molecular complexity index is 591. The van der Waals surface area contributed by atoms with E-state index in [0.717, 1.165) is 18.2 Å². The van der Waals surface area contributed by atoms with Gasteiger partial charge in [0.2, 0.25) is 5.78 Å². The Morgan fingerprint density at radius 1 is 1.26 bits per heavy atom. The molecule has 2 aromatic rings. The largest absolute Gasteiger partial charge is 0.454 e. The van der Waals surface area contributed by atoms with Crippen LogP contribution in [0.25, 0.3) is 0 Å². The molecule has 5 nitrogen and oxygen atoms in total. The molecule has 0 unspecified atom stereocenters. The minimum Gasteiger partial charge on any atom is -0.454 e. The minimum atomic E-state index is -0.996. The first-order chi connectivity index (χ1) is 9.09. The summed E-state index contributed by atoms with van der Waals surface area (Å²) in [5, 5.41) is 5.92. The zero-order chi connectivity index (χ0) is 13.8. The van der Waals surface area contributed by atoms with Crippen molar-refractivity contribution in [1.82, 2.24) is 10.2 Å². The van der Waals surface area contributed by atoms with Crippen LogP contribution in [0.15, 0.2) is 30.6 Å². The van der Waals surface area contributed by atoms with E-state index < -0.39 is 35.6 Å². The number of esters is 1. The molecule has 0 radical (unpaired) electrons. The monoisotopic (exact) mass is 266 g/mol. The average molecular weight is 266 g/mol. The van der Waals surface area contributed by atoms with Crippen LogP contribution in [0.3, 0.4) is 0 Å². The number of rotatable bonds is 4. The van der Waals surface area contributed by atoms with Gasteiger partial charge in [-0.3, -0.25) is 9.89 Å². The number of carbonyl (C=O) groups is 2. The average Bonchev–Trinajstić information content (AvgIpc) is 2.89. The second-order valence-electron chi connectivity index (χ2n) is 3.58. The number of nitrogens with one attached hydrogen (secondary N) is 1. The fourth-order valence-corrected chi connectivity index (χ4v) is 1.41. The van der Waals surface area contributed by atoms with E-state index in [4.69, 9.17) is 0 Å². The van der Waals surface area contributed by atoms with Gasteiger partial charge in [-0.15, -0.1) is 0 Å². The number of aromatic nitrogens is 2. The second-order valence-corrected chi connectivity index (χ2v) is 3.58. The van der Waals surface area contributed by atoms with Gasteiger partial charge >= 0.3 is 5.97 Å². The Hall–Kier alpha value is -2.57. The summed E-state index contributed by atoms with van der Waals surface area (Å²) in [4.78, 5) is 23.0. The van der Waals surface area contributed by atoms with Crippen molar-refractivity contribution in [3.05, 3.63) is 53.4 Å². The Morgan fingerprint density at radius 2 is 1.95 bits per heavy atom. The first-order valence-electron chi connectivity index (χ1n) is 5.22. The number of carbonyl (C=O) groups excluding carboxylic acids is 2. The molecule has 0 spiro atoms. The van der Waals surface area contributed by atoms with Crippen LogP contribution < -0.4 is 0 Å². The van der Waals surface area contributed by atoms with E-state index in [1.807, 2.05) is 0 Å². The van der Waals surface area contributed by atoms with Gasteiger partial charge in [0.05, 0.1) is 17.3 Å². The Morgan fingerprint density at radius 3 is 2.53 bits per heavy atom. The van der Waals surface area contributed by atoms with E-state index in [1.54, 1.807) is 0 Å². The maximum atomic E-state index is 13.3. The lowest BCUT2D eigenvalue weighted by atomic mass is 10.1. The van der Waals surface area contributed by atoms with Crippen molar-refractivity contribution in [2.75, 3.05) is 6.61 Å². The number of halogens is 2. The topological polar surface area (TPSA) is 72.1 Å². The van der Waals surface area contributed by atoms with Crippen LogP contribution in [0.2, 0.25) is 0 Å². The molecular formula is C12H8F2N2O3. The van der Waals surface area contributed by atoms with Crippen LogP contribution in [-0.2, 0) is 4.74 Å². The highest BCUT2D eigenvalue weighted by molar-refractivity contribution is 5.99. The molecule has 0 saturated heterocycles. The van der Waals surface area contributed by atoms with E-state index in [2.05, 4.69) is 14.9 Å². The SMILES string of the molecule is O=C(OCC(=O)c1c(F)cccc1F)c1cn[nH]c1. The molecule has 2 rings (SSSR count). The number of benzene rings is 1. The number of ether oxygens (including phenoxy) is 1. The van der Waals surface area contributed by atoms with E-state index in [1.165, 1.54) is 12.4 Å². The first-order valence-corrected chi connectivity index (χ1v) is 5.22. The van der Waals surface area contributed by atoms with Gasteiger partial charge in [0.1, 0.15) is 11.6 Å². The van der Waals surface area contributed by atoms with Gasteiger partial charge in [-0.05, 0) is 12.1 Å². The number of nitrogens with zero attached hydrogens (tertiary/aromatic N) is 1. The summed E-state index contributed by atoms with van der Waals surface area (Å²) in [5.41, 5.74) is -0.607. The number of hydrogen-bond acceptors (Lipinski definition) is 4. The third-order valence-corrected chi connectivity index (χ3v) is 2.31. The fourth-order valence-electron chi connectivity index (χ4n) is 1.41. The van der Waals surface area contributed by atoms with Gasteiger partial charge in [0, 0.05) is 6.20 Å². The van der Waals surface area contributed by atoms with Crippen molar-refractivity contribution in [3.8, 4) is 0 Å². The standard InChI is InChI=1S/C12H8F2N2O3/c13-8-2-1-3-9(14)11(8)10(17)6-19-12(18)7-4-15-16-5-7/h1-5H,6H2,(H,15,16). The van der Waals surface area contributed by atoms with Gasteiger partial charge in [0.25, 0.3) is 0 Å². The van der Waals surface area contributed by atoms with Gasteiger partial charge < -0.3 is 4.74 Å². The molecular weight excluding hydrogens is 258 g/mol. The van der Waals surface area contributed by atoms with Crippen molar-refractivity contribution < 1.29 is 23.1 Å². The lowest BCUT2D eigenvalue weighted by Crippen LogP contribution is -2.16. The number of ketones is 1. The predicted molar refractivity (Wildman–Crippen MR) is 59.6 cm³/mol. The molecule has 1 N–H and O–H groups in total. The van der Waals surface area contributed by atoms with Crippen LogP contribution in [0.4, 0.5) is 8.78 Å². The van der Waals surface area contributed by atoms with E-state index >= 15 is 0 Å². The van der Waals surface area contributed by atoms with Crippen LogP contribution in [0, 0.1) is 11.6 Å². The highest BCUT2D eigenvalue weighted by Crippen LogP contribution is 2.13. The molecule has 0 aliphatic carbocycles. The minimum absolute atomic E-state index is 0.113. The van der Waals surface area contributed by atoms with Crippen LogP contribution >= 0.6 is 0 Å².